The minimum atomic E-state index is -3.48. The maximum Gasteiger partial charge on any atom is 0.239 e. The summed E-state index contributed by atoms with van der Waals surface area (Å²) in [5.74, 6) is 0.228. The number of anilines is 1. The third-order valence-electron chi connectivity index (χ3n) is 3.91. The third kappa shape index (κ3) is 6.62. The van der Waals surface area contributed by atoms with Crippen molar-refractivity contribution >= 4 is 21.6 Å². The van der Waals surface area contributed by atoms with E-state index in [1.54, 1.807) is 24.3 Å². The number of hydrogen-bond donors (Lipinski definition) is 1. The zero-order valence-electron chi connectivity index (χ0n) is 14.6. The number of sulfonamides is 1. The van der Waals surface area contributed by atoms with E-state index in [4.69, 9.17) is 9.47 Å². The first kappa shape index (κ1) is 19.6. The quantitative estimate of drug-likeness (QED) is 0.704. The Morgan fingerprint density at radius 2 is 2.08 bits per heavy atom. The van der Waals surface area contributed by atoms with Crippen molar-refractivity contribution in [2.24, 2.45) is 0 Å². The summed E-state index contributed by atoms with van der Waals surface area (Å²) in [7, 11) is -1.94. The van der Waals surface area contributed by atoms with Crippen LogP contribution < -0.4 is 10.1 Å². The highest BCUT2D eigenvalue weighted by Gasteiger charge is 2.21. The van der Waals surface area contributed by atoms with Crippen LogP contribution in [0.15, 0.2) is 24.3 Å². The predicted octanol–water partition coefficient (Wildman–Crippen LogP) is 0.228. The van der Waals surface area contributed by atoms with Crippen molar-refractivity contribution in [2.45, 2.75) is 0 Å². The summed E-state index contributed by atoms with van der Waals surface area (Å²) in [5, 5.41) is 2.70. The van der Waals surface area contributed by atoms with Gasteiger partial charge in [0.1, 0.15) is 5.75 Å². The van der Waals surface area contributed by atoms with E-state index in [-0.39, 0.29) is 19.0 Å². The smallest absolute Gasteiger partial charge is 0.239 e. The average molecular weight is 371 g/mol. The Morgan fingerprint density at radius 1 is 1.36 bits per heavy atom. The van der Waals surface area contributed by atoms with E-state index in [9.17, 15) is 13.2 Å². The number of nitrogens with one attached hydrogen (secondary N) is 1. The SMILES string of the molecule is COc1cccc(NC(=O)CN(CCN2CCOCC2)S(C)(=O)=O)c1. The molecule has 0 spiro atoms. The van der Waals surface area contributed by atoms with E-state index < -0.39 is 10.0 Å². The number of benzene rings is 1. The number of nitrogens with zero attached hydrogens (tertiary/aromatic N) is 2. The first-order valence-corrected chi connectivity index (χ1v) is 9.92. The van der Waals surface area contributed by atoms with Crippen LogP contribution in [0.1, 0.15) is 0 Å². The summed E-state index contributed by atoms with van der Waals surface area (Å²) < 4.78 is 35.5. The van der Waals surface area contributed by atoms with Gasteiger partial charge in [-0.25, -0.2) is 8.42 Å². The van der Waals surface area contributed by atoms with E-state index in [2.05, 4.69) is 10.2 Å². The van der Waals surface area contributed by atoms with Crippen molar-refractivity contribution in [2.75, 3.05) is 64.6 Å². The number of rotatable bonds is 8. The van der Waals surface area contributed by atoms with Crippen LogP contribution in [0.3, 0.4) is 0 Å². The van der Waals surface area contributed by atoms with E-state index >= 15 is 0 Å². The zero-order valence-corrected chi connectivity index (χ0v) is 15.4. The Kier molecular flexibility index (Phi) is 7.18. The Hall–Kier alpha value is -1.68. The molecule has 1 saturated heterocycles. The molecule has 0 aliphatic carbocycles. The molecular formula is C16H25N3O5S. The highest BCUT2D eigenvalue weighted by Crippen LogP contribution is 2.16. The van der Waals surface area contributed by atoms with E-state index in [0.717, 1.165) is 19.3 Å². The number of carbonyl (C=O) groups is 1. The molecule has 2 rings (SSSR count). The maximum atomic E-state index is 12.2. The van der Waals surface area contributed by atoms with Crippen molar-refractivity contribution in [1.82, 2.24) is 9.21 Å². The molecule has 0 saturated carbocycles. The lowest BCUT2D eigenvalue weighted by Crippen LogP contribution is -2.45. The molecule has 1 N–H and O–H groups in total. The van der Waals surface area contributed by atoms with Gasteiger partial charge in [-0.1, -0.05) is 6.07 Å². The monoisotopic (exact) mass is 371 g/mol. The molecule has 1 fully saturated rings. The van der Waals surface area contributed by atoms with Crippen molar-refractivity contribution in [3.63, 3.8) is 0 Å². The van der Waals surface area contributed by atoms with Crippen molar-refractivity contribution in [3.05, 3.63) is 24.3 Å². The molecule has 1 heterocycles. The number of morpholine rings is 1. The van der Waals surface area contributed by atoms with E-state index in [0.29, 0.717) is 31.2 Å². The van der Waals surface area contributed by atoms with Crippen molar-refractivity contribution < 1.29 is 22.7 Å². The molecule has 0 radical (unpaired) electrons. The van der Waals surface area contributed by atoms with Crippen LogP contribution >= 0.6 is 0 Å². The van der Waals surface area contributed by atoms with Gasteiger partial charge in [-0.05, 0) is 12.1 Å². The molecule has 25 heavy (non-hydrogen) atoms. The molecule has 0 unspecified atom stereocenters. The van der Waals surface area contributed by atoms with Crippen LogP contribution in [0.2, 0.25) is 0 Å². The fourth-order valence-electron chi connectivity index (χ4n) is 2.50. The lowest BCUT2D eigenvalue weighted by atomic mass is 10.3. The molecule has 140 valence electrons. The number of amides is 1. The van der Waals surface area contributed by atoms with Crippen molar-refractivity contribution in [1.29, 1.82) is 0 Å². The Morgan fingerprint density at radius 3 is 2.72 bits per heavy atom. The number of carbonyl (C=O) groups excluding carboxylic acids is 1. The third-order valence-corrected chi connectivity index (χ3v) is 5.16. The van der Waals surface area contributed by atoms with Crippen LogP contribution in [0.5, 0.6) is 5.75 Å². The molecule has 1 amide bonds. The van der Waals surface area contributed by atoms with Gasteiger partial charge in [0, 0.05) is 37.9 Å². The molecule has 8 nitrogen and oxygen atoms in total. The minimum absolute atomic E-state index is 0.222. The van der Waals surface area contributed by atoms with E-state index in [1.165, 1.54) is 11.4 Å². The number of methoxy groups -OCH3 is 1. The second-order valence-corrected chi connectivity index (χ2v) is 7.81. The van der Waals surface area contributed by atoms with Gasteiger partial charge in [0.15, 0.2) is 0 Å². The number of hydrogen-bond acceptors (Lipinski definition) is 6. The maximum absolute atomic E-state index is 12.2. The van der Waals surface area contributed by atoms with Gasteiger partial charge in [-0.15, -0.1) is 0 Å². The standard InChI is InChI=1S/C16H25N3O5S/c1-23-15-5-3-4-14(12-15)17-16(20)13-19(25(2,21)22)7-6-18-8-10-24-11-9-18/h3-5,12H,6-11,13H2,1-2H3,(H,17,20). The molecule has 0 aromatic heterocycles. The largest absolute Gasteiger partial charge is 0.497 e. The van der Waals surface area contributed by atoms with Gasteiger partial charge in [0.25, 0.3) is 0 Å². The van der Waals surface area contributed by atoms with Crippen LogP contribution in [-0.2, 0) is 19.6 Å². The normalized spacial score (nSPS) is 16.0. The lowest BCUT2D eigenvalue weighted by Gasteiger charge is -2.29. The average Bonchev–Trinajstić information content (AvgIpc) is 2.58. The Balaban J connectivity index is 1.92. The molecule has 1 aliphatic heterocycles. The van der Waals surface area contributed by atoms with Crippen LogP contribution in [-0.4, -0.2) is 82.8 Å². The van der Waals surface area contributed by atoms with E-state index in [1.807, 2.05) is 0 Å². The minimum Gasteiger partial charge on any atom is -0.497 e. The first-order valence-electron chi connectivity index (χ1n) is 8.07. The second kappa shape index (κ2) is 9.14. The molecule has 0 atom stereocenters. The predicted molar refractivity (Wildman–Crippen MR) is 95.3 cm³/mol. The summed E-state index contributed by atoms with van der Waals surface area (Å²) in [5.41, 5.74) is 0.561. The fraction of sp³-hybridized carbons (Fsp3) is 0.562. The topological polar surface area (TPSA) is 88.2 Å². The summed E-state index contributed by atoms with van der Waals surface area (Å²) in [6.45, 7) is 3.46. The van der Waals surface area contributed by atoms with Gasteiger partial charge < -0.3 is 14.8 Å². The molecule has 9 heteroatoms. The highest BCUT2D eigenvalue weighted by atomic mass is 32.2. The van der Waals surface area contributed by atoms with Gasteiger partial charge in [-0.3, -0.25) is 9.69 Å². The number of ether oxygens (including phenoxy) is 2. The van der Waals surface area contributed by atoms with Crippen LogP contribution in [0.25, 0.3) is 0 Å². The first-order chi connectivity index (χ1) is 11.9. The summed E-state index contributed by atoms with van der Waals surface area (Å²) >= 11 is 0. The Bertz CT molecular complexity index is 674. The second-order valence-electron chi connectivity index (χ2n) is 5.83. The van der Waals surface area contributed by atoms with Crippen LogP contribution in [0, 0.1) is 0 Å². The molecule has 1 aromatic carbocycles. The Labute approximate surface area is 148 Å². The summed E-state index contributed by atoms with van der Waals surface area (Å²) in [6.07, 6.45) is 1.12. The van der Waals surface area contributed by atoms with Gasteiger partial charge >= 0.3 is 0 Å². The van der Waals surface area contributed by atoms with Gasteiger partial charge in [-0.2, -0.15) is 4.31 Å². The molecular weight excluding hydrogens is 346 g/mol. The van der Waals surface area contributed by atoms with Crippen LogP contribution in [0.4, 0.5) is 5.69 Å². The molecule has 1 aliphatic rings. The highest BCUT2D eigenvalue weighted by molar-refractivity contribution is 7.88. The summed E-state index contributed by atoms with van der Waals surface area (Å²) in [6, 6.07) is 6.91. The fourth-order valence-corrected chi connectivity index (χ4v) is 3.27. The van der Waals surface area contributed by atoms with Gasteiger partial charge in [0.05, 0.1) is 33.1 Å². The van der Waals surface area contributed by atoms with Gasteiger partial charge in [0.2, 0.25) is 15.9 Å². The zero-order chi connectivity index (χ0) is 18.3. The summed E-state index contributed by atoms with van der Waals surface area (Å²) in [4.78, 5) is 14.4. The lowest BCUT2D eigenvalue weighted by molar-refractivity contribution is -0.116. The van der Waals surface area contributed by atoms with Crippen molar-refractivity contribution in [3.8, 4) is 5.75 Å². The molecule has 1 aromatic rings. The molecule has 0 bridgehead atoms.